The fourth-order valence-electron chi connectivity index (χ4n) is 2.39. The van der Waals surface area contributed by atoms with E-state index in [9.17, 15) is 14.0 Å². The molecule has 3 aromatic rings. The van der Waals surface area contributed by atoms with Gasteiger partial charge in [-0.1, -0.05) is 54.6 Å². The molecule has 0 aliphatic carbocycles. The Labute approximate surface area is 150 Å². The van der Waals surface area contributed by atoms with Crippen molar-refractivity contribution in [2.24, 2.45) is 0 Å². The van der Waals surface area contributed by atoms with Crippen LogP contribution in [0.3, 0.4) is 0 Å². The van der Waals surface area contributed by atoms with Crippen LogP contribution in [0.5, 0.6) is 0 Å². The highest BCUT2D eigenvalue weighted by Crippen LogP contribution is 2.23. The summed E-state index contributed by atoms with van der Waals surface area (Å²) in [6.45, 7) is -0.364. The molecule has 0 aliphatic rings. The fourth-order valence-corrected chi connectivity index (χ4v) is 2.39. The van der Waals surface area contributed by atoms with E-state index in [2.05, 4.69) is 5.32 Å². The van der Waals surface area contributed by atoms with Gasteiger partial charge in [0.15, 0.2) is 12.4 Å². The number of anilines is 2. The van der Waals surface area contributed by atoms with Gasteiger partial charge in [-0.15, -0.1) is 0 Å². The number of nitrogens with one attached hydrogen (secondary N) is 1. The largest absolute Gasteiger partial charge is 0.454 e. The van der Waals surface area contributed by atoms with Crippen LogP contribution in [0.15, 0.2) is 78.9 Å². The van der Waals surface area contributed by atoms with Crippen molar-refractivity contribution in [3.05, 3.63) is 95.8 Å². The van der Waals surface area contributed by atoms with Crippen molar-refractivity contribution in [2.75, 3.05) is 11.9 Å². The van der Waals surface area contributed by atoms with Gasteiger partial charge in [0, 0.05) is 5.56 Å². The van der Waals surface area contributed by atoms with E-state index < -0.39 is 11.8 Å². The Balaban J connectivity index is 1.72. The topological polar surface area (TPSA) is 55.4 Å². The van der Waals surface area contributed by atoms with Gasteiger partial charge in [0.1, 0.15) is 5.82 Å². The van der Waals surface area contributed by atoms with Gasteiger partial charge in [-0.05, 0) is 24.3 Å². The molecule has 4 nitrogen and oxygen atoms in total. The number of ether oxygens (including phenoxy) is 1. The summed E-state index contributed by atoms with van der Waals surface area (Å²) in [5, 5.41) is 2.88. The van der Waals surface area contributed by atoms with Crippen LogP contribution in [0.1, 0.15) is 20.7 Å². The zero-order valence-corrected chi connectivity index (χ0v) is 13.8. The predicted octanol–water partition coefficient (Wildman–Crippen LogP) is 4.61. The van der Waals surface area contributed by atoms with Crippen LogP contribution in [0, 0.1) is 5.82 Å². The number of benzene rings is 3. The number of hydrogen-bond donors (Lipinski definition) is 1. The number of hydrogen-bond acceptors (Lipinski definition) is 4. The third-order valence-corrected chi connectivity index (χ3v) is 3.72. The number of Topliss-reactive ketones (excluding diaryl/α,β-unsaturated/α-hetero) is 1. The zero-order valence-electron chi connectivity index (χ0n) is 13.8. The molecule has 3 aromatic carbocycles. The van der Waals surface area contributed by atoms with Crippen molar-refractivity contribution in [1.29, 1.82) is 0 Å². The molecule has 0 spiro atoms. The van der Waals surface area contributed by atoms with Crippen LogP contribution in [-0.2, 0) is 4.74 Å². The Morgan fingerprint density at radius 2 is 1.42 bits per heavy atom. The first-order valence-electron chi connectivity index (χ1n) is 8.01. The summed E-state index contributed by atoms with van der Waals surface area (Å²) >= 11 is 0. The Hall–Kier alpha value is -3.47. The van der Waals surface area contributed by atoms with Crippen molar-refractivity contribution in [2.45, 2.75) is 0 Å². The van der Waals surface area contributed by atoms with Gasteiger partial charge >= 0.3 is 5.97 Å². The van der Waals surface area contributed by atoms with E-state index in [1.807, 2.05) is 0 Å². The van der Waals surface area contributed by atoms with Crippen LogP contribution in [0.4, 0.5) is 15.8 Å². The minimum absolute atomic E-state index is 0.219. The highest BCUT2D eigenvalue weighted by Gasteiger charge is 2.15. The molecule has 0 saturated heterocycles. The smallest absolute Gasteiger partial charge is 0.340 e. The summed E-state index contributed by atoms with van der Waals surface area (Å²) in [7, 11) is 0. The van der Waals surface area contributed by atoms with E-state index in [0.29, 0.717) is 11.3 Å². The maximum atomic E-state index is 13.8. The first-order valence-corrected chi connectivity index (χ1v) is 8.01. The van der Waals surface area contributed by atoms with Crippen molar-refractivity contribution in [3.8, 4) is 0 Å². The average Bonchev–Trinajstić information content (AvgIpc) is 2.68. The molecule has 26 heavy (non-hydrogen) atoms. The lowest BCUT2D eigenvalue weighted by molar-refractivity contribution is 0.0475. The summed E-state index contributed by atoms with van der Waals surface area (Å²) in [6.07, 6.45) is 0. The third-order valence-electron chi connectivity index (χ3n) is 3.72. The van der Waals surface area contributed by atoms with E-state index >= 15 is 0 Å². The van der Waals surface area contributed by atoms with Crippen LogP contribution >= 0.6 is 0 Å². The molecule has 0 bridgehead atoms. The molecule has 0 aromatic heterocycles. The third kappa shape index (κ3) is 4.13. The summed E-state index contributed by atoms with van der Waals surface area (Å²) < 4.78 is 19.0. The van der Waals surface area contributed by atoms with Crippen LogP contribution in [-0.4, -0.2) is 18.4 Å². The monoisotopic (exact) mass is 349 g/mol. The van der Waals surface area contributed by atoms with E-state index in [1.165, 1.54) is 6.07 Å². The van der Waals surface area contributed by atoms with Crippen molar-refractivity contribution < 1.29 is 18.7 Å². The van der Waals surface area contributed by atoms with E-state index in [4.69, 9.17) is 4.74 Å². The molecule has 0 atom stereocenters. The SMILES string of the molecule is O=C(COC(=O)c1ccccc1Nc1ccccc1F)c1ccccc1. The highest BCUT2D eigenvalue weighted by atomic mass is 19.1. The van der Waals surface area contributed by atoms with E-state index in [0.717, 1.165) is 0 Å². The fraction of sp³-hybridized carbons (Fsp3) is 0.0476. The number of carbonyl (C=O) groups is 2. The molecule has 0 fully saturated rings. The van der Waals surface area contributed by atoms with Gasteiger partial charge in [0.25, 0.3) is 0 Å². The summed E-state index contributed by atoms with van der Waals surface area (Å²) in [4.78, 5) is 24.4. The van der Waals surface area contributed by atoms with E-state index in [-0.39, 0.29) is 23.6 Å². The second-order valence-electron chi connectivity index (χ2n) is 5.52. The summed E-state index contributed by atoms with van der Waals surface area (Å²) in [5.74, 6) is -1.39. The Morgan fingerprint density at radius 3 is 2.15 bits per heavy atom. The molecule has 0 saturated carbocycles. The lowest BCUT2D eigenvalue weighted by Crippen LogP contribution is -2.15. The molecule has 0 radical (unpaired) electrons. The minimum atomic E-state index is -0.659. The standard InChI is InChI=1S/C21H16FNO3/c22-17-11-5-7-13-19(17)23-18-12-6-4-10-16(18)21(25)26-14-20(24)15-8-2-1-3-9-15/h1-13,23H,14H2. The summed E-state index contributed by atoms with van der Waals surface area (Å²) in [6, 6.07) is 21.3. The molecule has 130 valence electrons. The lowest BCUT2D eigenvalue weighted by Gasteiger charge is -2.12. The van der Waals surface area contributed by atoms with E-state index in [1.54, 1.807) is 72.8 Å². The van der Waals surface area contributed by atoms with Crippen molar-refractivity contribution in [3.63, 3.8) is 0 Å². The number of para-hydroxylation sites is 2. The minimum Gasteiger partial charge on any atom is -0.454 e. The van der Waals surface area contributed by atoms with Gasteiger partial charge in [-0.2, -0.15) is 0 Å². The number of ketones is 1. The predicted molar refractivity (Wildman–Crippen MR) is 97.2 cm³/mol. The maximum Gasteiger partial charge on any atom is 0.340 e. The van der Waals surface area contributed by atoms with Crippen LogP contribution in [0.25, 0.3) is 0 Å². The molecule has 0 aliphatic heterocycles. The molecule has 0 unspecified atom stereocenters. The second kappa shape index (κ2) is 8.07. The summed E-state index contributed by atoms with van der Waals surface area (Å²) in [5.41, 5.74) is 1.33. The Bertz CT molecular complexity index is 925. The Morgan fingerprint density at radius 1 is 0.808 bits per heavy atom. The Kier molecular flexibility index (Phi) is 5.39. The van der Waals surface area contributed by atoms with Gasteiger partial charge < -0.3 is 10.1 Å². The molecule has 1 N–H and O–H groups in total. The molecular formula is C21H16FNO3. The van der Waals surface area contributed by atoms with Gasteiger partial charge in [0.2, 0.25) is 0 Å². The maximum absolute atomic E-state index is 13.8. The molecule has 5 heteroatoms. The molecular weight excluding hydrogens is 333 g/mol. The van der Waals surface area contributed by atoms with Crippen molar-refractivity contribution in [1.82, 2.24) is 0 Å². The zero-order chi connectivity index (χ0) is 18.4. The molecule has 0 heterocycles. The highest BCUT2D eigenvalue weighted by molar-refractivity contribution is 6.01. The van der Waals surface area contributed by atoms with Gasteiger partial charge in [-0.3, -0.25) is 4.79 Å². The lowest BCUT2D eigenvalue weighted by atomic mass is 10.1. The number of halogens is 1. The first-order chi connectivity index (χ1) is 12.6. The normalized spacial score (nSPS) is 10.2. The second-order valence-corrected chi connectivity index (χ2v) is 5.52. The van der Waals surface area contributed by atoms with Crippen LogP contribution < -0.4 is 5.32 Å². The molecule has 0 amide bonds. The number of rotatable bonds is 6. The van der Waals surface area contributed by atoms with Crippen LogP contribution in [0.2, 0.25) is 0 Å². The van der Waals surface area contributed by atoms with Gasteiger partial charge in [-0.25, -0.2) is 9.18 Å². The quantitative estimate of drug-likeness (QED) is 0.522. The average molecular weight is 349 g/mol. The first kappa shape index (κ1) is 17.4. The van der Waals surface area contributed by atoms with Gasteiger partial charge in [0.05, 0.1) is 16.9 Å². The number of esters is 1. The van der Waals surface area contributed by atoms with Crippen molar-refractivity contribution >= 4 is 23.1 Å². The number of carbonyl (C=O) groups excluding carboxylic acids is 2. The molecule has 3 rings (SSSR count).